The molecule has 1 aromatic heterocycles. The van der Waals surface area contributed by atoms with Crippen molar-refractivity contribution in [3.63, 3.8) is 0 Å². The Morgan fingerprint density at radius 1 is 1.14 bits per heavy atom. The Labute approximate surface area is 128 Å². The molecule has 1 N–H and O–H groups in total. The number of pyridine rings is 1. The van der Waals surface area contributed by atoms with E-state index >= 15 is 0 Å². The number of hydrogen-bond donors (Lipinski definition) is 1. The second-order valence-corrected chi connectivity index (χ2v) is 5.60. The molecule has 0 fully saturated rings. The molecule has 0 saturated carbocycles. The van der Waals surface area contributed by atoms with E-state index in [0.717, 1.165) is 18.9 Å². The fraction of sp³-hybridized carbons (Fsp3) is 0.500. The van der Waals surface area contributed by atoms with Gasteiger partial charge in [-0.15, -0.1) is 0 Å². The van der Waals surface area contributed by atoms with Crippen LogP contribution >= 0.6 is 0 Å². The van der Waals surface area contributed by atoms with Crippen molar-refractivity contribution in [3.8, 4) is 0 Å². The van der Waals surface area contributed by atoms with Gasteiger partial charge in [0.2, 0.25) is 0 Å². The Kier molecular flexibility index (Phi) is 6.00. The van der Waals surface area contributed by atoms with Crippen LogP contribution in [0.25, 0.3) is 10.8 Å². The zero-order chi connectivity index (χ0) is 15.1. The van der Waals surface area contributed by atoms with Crippen LogP contribution in [0.2, 0.25) is 0 Å². The highest BCUT2D eigenvalue weighted by Gasteiger charge is 2.07. The van der Waals surface area contributed by atoms with Crippen molar-refractivity contribution in [3.05, 3.63) is 36.5 Å². The molecule has 0 bridgehead atoms. The lowest BCUT2D eigenvalue weighted by Gasteiger charge is -2.20. The molecule has 0 spiro atoms. The summed E-state index contributed by atoms with van der Waals surface area (Å²) in [5.41, 5.74) is 0. The summed E-state index contributed by atoms with van der Waals surface area (Å²) in [4.78, 5) is 6.98. The minimum atomic E-state index is 0.443. The Balaban J connectivity index is 1.91. The van der Waals surface area contributed by atoms with Crippen LogP contribution in [0.15, 0.2) is 36.5 Å². The molecular weight excluding hydrogens is 258 g/mol. The van der Waals surface area contributed by atoms with E-state index in [4.69, 9.17) is 0 Å². The van der Waals surface area contributed by atoms with E-state index in [0.29, 0.717) is 6.04 Å². The number of hydrogen-bond acceptors (Lipinski definition) is 3. The van der Waals surface area contributed by atoms with Crippen molar-refractivity contribution in [2.45, 2.75) is 39.7 Å². The molecule has 21 heavy (non-hydrogen) atoms. The minimum Gasteiger partial charge on any atom is -0.367 e. The molecule has 1 heterocycles. The van der Waals surface area contributed by atoms with Gasteiger partial charge in [-0.2, -0.15) is 0 Å². The number of nitrogens with one attached hydrogen (secondary N) is 1. The summed E-state index contributed by atoms with van der Waals surface area (Å²) in [5.74, 6) is 1.00. The van der Waals surface area contributed by atoms with Crippen LogP contribution in [0.4, 0.5) is 5.82 Å². The lowest BCUT2D eigenvalue weighted by molar-refractivity contribution is 0.295. The second kappa shape index (κ2) is 7.99. The van der Waals surface area contributed by atoms with Gasteiger partial charge in [0.15, 0.2) is 0 Å². The standard InChI is InChI=1S/C18H27N3/c1-4-21(5-2)14-8-9-15(3)20-18-17-11-7-6-10-16(17)12-13-19-18/h6-7,10-13,15H,4-5,8-9,14H2,1-3H3,(H,19,20). The predicted octanol–water partition coefficient (Wildman–Crippen LogP) is 4.16. The molecule has 3 heteroatoms. The molecule has 1 atom stereocenters. The third-order valence-electron chi connectivity index (χ3n) is 4.06. The van der Waals surface area contributed by atoms with Crippen LogP contribution in [0.3, 0.4) is 0 Å². The topological polar surface area (TPSA) is 28.2 Å². The average molecular weight is 285 g/mol. The summed E-state index contributed by atoms with van der Waals surface area (Å²) in [6.45, 7) is 10.2. The third kappa shape index (κ3) is 4.43. The van der Waals surface area contributed by atoms with E-state index in [1.165, 1.54) is 30.2 Å². The van der Waals surface area contributed by atoms with Gasteiger partial charge in [-0.3, -0.25) is 0 Å². The van der Waals surface area contributed by atoms with Crippen LogP contribution in [0, 0.1) is 0 Å². The number of anilines is 1. The normalized spacial score (nSPS) is 12.8. The van der Waals surface area contributed by atoms with Crippen molar-refractivity contribution in [2.75, 3.05) is 25.0 Å². The first kappa shape index (κ1) is 15.8. The SMILES string of the molecule is CCN(CC)CCCC(C)Nc1nccc2ccccc12. The molecular formula is C18H27N3. The zero-order valence-electron chi connectivity index (χ0n) is 13.5. The number of nitrogens with zero attached hydrogens (tertiary/aromatic N) is 2. The molecule has 0 saturated heterocycles. The van der Waals surface area contributed by atoms with E-state index in [2.05, 4.69) is 66.3 Å². The highest BCUT2D eigenvalue weighted by atomic mass is 15.1. The van der Waals surface area contributed by atoms with Crippen LogP contribution in [0.1, 0.15) is 33.6 Å². The van der Waals surface area contributed by atoms with E-state index < -0.39 is 0 Å². The molecule has 0 aliphatic rings. The molecule has 1 aromatic carbocycles. The average Bonchev–Trinajstić information content (AvgIpc) is 2.52. The van der Waals surface area contributed by atoms with Gasteiger partial charge in [-0.05, 0) is 50.9 Å². The first-order valence-corrected chi connectivity index (χ1v) is 8.07. The zero-order valence-corrected chi connectivity index (χ0v) is 13.5. The maximum Gasteiger partial charge on any atom is 0.134 e. The van der Waals surface area contributed by atoms with Crippen molar-refractivity contribution >= 4 is 16.6 Å². The monoisotopic (exact) mass is 285 g/mol. The lowest BCUT2D eigenvalue weighted by Crippen LogP contribution is -2.25. The van der Waals surface area contributed by atoms with E-state index in [1.54, 1.807) is 0 Å². The number of benzene rings is 1. The summed E-state index contributed by atoms with van der Waals surface area (Å²) in [5, 5.41) is 6.01. The third-order valence-corrected chi connectivity index (χ3v) is 4.06. The lowest BCUT2D eigenvalue weighted by atomic mass is 10.1. The minimum absolute atomic E-state index is 0.443. The van der Waals surface area contributed by atoms with Crippen LogP contribution in [-0.2, 0) is 0 Å². The van der Waals surface area contributed by atoms with Gasteiger partial charge in [0.05, 0.1) is 0 Å². The van der Waals surface area contributed by atoms with Gasteiger partial charge < -0.3 is 10.2 Å². The molecule has 0 aliphatic heterocycles. The Morgan fingerprint density at radius 2 is 1.90 bits per heavy atom. The second-order valence-electron chi connectivity index (χ2n) is 5.60. The molecule has 0 amide bonds. The molecule has 0 radical (unpaired) electrons. The molecule has 2 aromatic rings. The van der Waals surface area contributed by atoms with E-state index in [-0.39, 0.29) is 0 Å². The van der Waals surface area contributed by atoms with Gasteiger partial charge in [0.25, 0.3) is 0 Å². The molecule has 114 valence electrons. The van der Waals surface area contributed by atoms with Gasteiger partial charge in [-0.25, -0.2) is 4.98 Å². The van der Waals surface area contributed by atoms with Crippen molar-refractivity contribution in [1.29, 1.82) is 0 Å². The fourth-order valence-corrected chi connectivity index (χ4v) is 2.70. The summed E-state index contributed by atoms with van der Waals surface area (Å²) in [7, 11) is 0. The highest BCUT2D eigenvalue weighted by Crippen LogP contribution is 2.21. The Bertz CT molecular complexity index is 544. The van der Waals surface area contributed by atoms with Gasteiger partial charge in [-0.1, -0.05) is 38.1 Å². The fourth-order valence-electron chi connectivity index (χ4n) is 2.70. The smallest absolute Gasteiger partial charge is 0.134 e. The quantitative estimate of drug-likeness (QED) is 0.789. The molecule has 3 nitrogen and oxygen atoms in total. The number of aromatic nitrogens is 1. The summed E-state index contributed by atoms with van der Waals surface area (Å²) < 4.78 is 0. The first-order chi connectivity index (χ1) is 10.2. The summed E-state index contributed by atoms with van der Waals surface area (Å²) in [6, 6.07) is 10.9. The van der Waals surface area contributed by atoms with Crippen molar-refractivity contribution in [2.24, 2.45) is 0 Å². The number of rotatable bonds is 8. The summed E-state index contributed by atoms with van der Waals surface area (Å²) >= 11 is 0. The Hall–Kier alpha value is -1.61. The molecule has 1 unspecified atom stereocenters. The van der Waals surface area contributed by atoms with E-state index in [9.17, 15) is 0 Å². The Morgan fingerprint density at radius 3 is 2.67 bits per heavy atom. The van der Waals surface area contributed by atoms with Gasteiger partial charge >= 0.3 is 0 Å². The molecule has 0 aliphatic carbocycles. The van der Waals surface area contributed by atoms with Gasteiger partial charge in [0.1, 0.15) is 5.82 Å². The maximum atomic E-state index is 4.50. The van der Waals surface area contributed by atoms with Crippen LogP contribution in [-0.4, -0.2) is 35.6 Å². The van der Waals surface area contributed by atoms with Crippen LogP contribution < -0.4 is 5.32 Å². The van der Waals surface area contributed by atoms with Crippen LogP contribution in [0.5, 0.6) is 0 Å². The largest absolute Gasteiger partial charge is 0.367 e. The predicted molar refractivity (Wildman–Crippen MR) is 91.8 cm³/mol. The summed E-state index contributed by atoms with van der Waals surface area (Å²) in [6.07, 6.45) is 4.27. The first-order valence-electron chi connectivity index (χ1n) is 8.07. The maximum absolute atomic E-state index is 4.50. The van der Waals surface area contributed by atoms with Gasteiger partial charge in [0, 0.05) is 17.6 Å². The number of fused-ring (bicyclic) bond motifs is 1. The van der Waals surface area contributed by atoms with Crippen molar-refractivity contribution < 1.29 is 0 Å². The molecule has 2 rings (SSSR count). The van der Waals surface area contributed by atoms with Crippen molar-refractivity contribution in [1.82, 2.24) is 9.88 Å². The van der Waals surface area contributed by atoms with E-state index in [1.807, 2.05) is 6.20 Å². The highest BCUT2D eigenvalue weighted by molar-refractivity contribution is 5.91.